The van der Waals surface area contributed by atoms with E-state index in [1.807, 2.05) is 30.3 Å². The van der Waals surface area contributed by atoms with Crippen molar-refractivity contribution < 1.29 is 14.3 Å². The van der Waals surface area contributed by atoms with Crippen molar-refractivity contribution in [3.63, 3.8) is 0 Å². The monoisotopic (exact) mass is 326 g/mol. The Kier molecular flexibility index (Phi) is 5.04. The number of carbonyl (C=O) groups excluding carboxylic acids is 2. The SMILES string of the molecule is O=C(Oc1ccccc1)C(=O)c1ccc(C#Cc2ccccc2)cc1. The maximum absolute atomic E-state index is 12.1. The summed E-state index contributed by atoms with van der Waals surface area (Å²) in [5.74, 6) is 4.80. The van der Waals surface area contributed by atoms with Crippen LogP contribution in [0.25, 0.3) is 0 Å². The van der Waals surface area contributed by atoms with Crippen LogP contribution in [-0.4, -0.2) is 11.8 Å². The summed E-state index contributed by atoms with van der Waals surface area (Å²) in [4.78, 5) is 24.0. The highest BCUT2D eigenvalue weighted by molar-refractivity contribution is 6.41. The van der Waals surface area contributed by atoms with Crippen LogP contribution >= 0.6 is 0 Å². The lowest BCUT2D eigenvalue weighted by Gasteiger charge is -2.03. The van der Waals surface area contributed by atoms with Gasteiger partial charge in [-0.1, -0.05) is 48.2 Å². The maximum Gasteiger partial charge on any atom is 0.385 e. The average molecular weight is 326 g/mol. The van der Waals surface area contributed by atoms with E-state index in [2.05, 4.69) is 11.8 Å². The van der Waals surface area contributed by atoms with Crippen LogP contribution in [0.2, 0.25) is 0 Å². The van der Waals surface area contributed by atoms with Gasteiger partial charge in [-0.05, 0) is 48.5 Å². The molecule has 0 aliphatic carbocycles. The van der Waals surface area contributed by atoms with Crippen molar-refractivity contribution in [3.8, 4) is 17.6 Å². The number of hydrogen-bond acceptors (Lipinski definition) is 3. The molecule has 0 amide bonds. The van der Waals surface area contributed by atoms with Gasteiger partial charge in [0.05, 0.1) is 0 Å². The van der Waals surface area contributed by atoms with Crippen molar-refractivity contribution in [1.82, 2.24) is 0 Å². The Bertz CT molecular complexity index is 931. The van der Waals surface area contributed by atoms with Gasteiger partial charge in [0.25, 0.3) is 5.78 Å². The molecule has 0 aliphatic heterocycles. The predicted molar refractivity (Wildman–Crippen MR) is 95.3 cm³/mol. The zero-order valence-electron chi connectivity index (χ0n) is 13.3. The molecule has 0 spiro atoms. The van der Waals surface area contributed by atoms with Gasteiger partial charge < -0.3 is 4.74 Å². The molecule has 3 aromatic rings. The molecule has 0 atom stereocenters. The van der Waals surface area contributed by atoms with E-state index in [-0.39, 0.29) is 5.56 Å². The van der Waals surface area contributed by atoms with Gasteiger partial charge in [0.1, 0.15) is 5.75 Å². The molecule has 0 aliphatic rings. The number of benzene rings is 3. The van der Waals surface area contributed by atoms with Crippen LogP contribution in [0.4, 0.5) is 0 Å². The van der Waals surface area contributed by atoms with Crippen LogP contribution in [0.5, 0.6) is 5.75 Å². The molecule has 0 saturated carbocycles. The first-order valence-electron chi connectivity index (χ1n) is 7.71. The van der Waals surface area contributed by atoms with Crippen molar-refractivity contribution in [1.29, 1.82) is 0 Å². The molecule has 3 nitrogen and oxygen atoms in total. The van der Waals surface area contributed by atoms with Gasteiger partial charge in [-0.25, -0.2) is 4.79 Å². The van der Waals surface area contributed by atoms with Crippen LogP contribution in [0.1, 0.15) is 21.5 Å². The second-order valence-corrected chi connectivity index (χ2v) is 5.23. The Morgan fingerprint density at radius 3 is 1.76 bits per heavy atom. The van der Waals surface area contributed by atoms with Crippen molar-refractivity contribution in [2.24, 2.45) is 0 Å². The van der Waals surface area contributed by atoms with Crippen molar-refractivity contribution >= 4 is 11.8 Å². The summed E-state index contributed by atoms with van der Waals surface area (Å²) in [6.07, 6.45) is 0. The molecule has 0 aromatic heterocycles. The summed E-state index contributed by atoms with van der Waals surface area (Å²) < 4.78 is 5.05. The summed E-state index contributed by atoms with van der Waals surface area (Å²) in [5, 5.41) is 0. The first kappa shape index (κ1) is 16.2. The van der Waals surface area contributed by atoms with Crippen LogP contribution in [0.3, 0.4) is 0 Å². The zero-order chi connectivity index (χ0) is 17.5. The highest BCUT2D eigenvalue weighted by Crippen LogP contribution is 2.11. The van der Waals surface area contributed by atoms with E-state index in [9.17, 15) is 9.59 Å². The van der Waals surface area contributed by atoms with E-state index in [0.717, 1.165) is 11.1 Å². The molecule has 0 N–H and O–H groups in total. The fraction of sp³-hybridized carbons (Fsp3) is 0. The molecule has 0 bridgehead atoms. The fourth-order valence-electron chi connectivity index (χ4n) is 2.13. The number of ketones is 1. The number of hydrogen-bond donors (Lipinski definition) is 0. The lowest BCUT2D eigenvalue weighted by atomic mass is 10.1. The Morgan fingerprint density at radius 2 is 1.16 bits per heavy atom. The Hall–Kier alpha value is -3.64. The number of ether oxygens (including phenoxy) is 1. The van der Waals surface area contributed by atoms with Gasteiger partial charge in [-0.3, -0.25) is 4.79 Å². The first-order chi connectivity index (χ1) is 12.2. The largest absolute Gasteiger partial charge is 0.421 e. The summed E-state index contributed by atoms with van der Waals surface area (Å²) in [5.41, 5.74) is 1.94. The molecule has 0 unspecified atom stereocenters. The zero-order valence-corrected chi connectivity index (χ0v) is 13.3. The van der Waals surface area contributed by atoms with Gasteiger partial charge in [0.2, 0.25) is 0 Å². The molecule has 0 saturated heterocycles. The number of para-hydroxylation sites is 1. The molecule has 120 valence electrons. The van der Waals surface area contributed by atoms with E-state index in [4.69, 9.17) is 4.74 Å². The van der Waals surface area contributed by atoms with Crippen LogP contribution in [0.15, 0.2) is 84.9 Å². The van der Waals surface area contributed by atoms with Gasteiger partial charge >= 0.3 is 5.97 Å². The van der Waals surface area contributed by atoms with E-state index in [0.29, 0.717) is 5.75 Å². The Balaban J connectivity index is 1.68. The minimum atomic E-state index is -0.908. The lowest BCUT2D eigenvalue weighted by molar-refractivity contribution is -0.129. The van der Waals surface area contributed by atoms with Crippen LogP contribution in [-0.2, 0) is 4.79 Å². The molecule has 0 heterocycles. The smallest absolute Gasteiger partial charge is 0.385 e. The Morgan fingerprint density at radius 1 is 0.640 bits per heavy atom. The van der Waals surface area contributed by atoms with E-state index < -0.39 is 11.8 Å². The molecule has 25 heavy (non-hydrogen) atoms. The number of esters is 1. The van der Waals surface area contributed by atoms with Gasteiger partial charge in [-0.2, -0.15) is 0 Å². The molecule has 0 radical (unpaired) electrons. The predicted octanol–water partition coefficient (Wildman–Crippen LogP) is 3.87. The third-order valence-corrected chi connectivity index (χ3v) is 3.41. The quantitative estimate of drug-likeness (QED) is 0.241. The van der Waals surface area contributed by atoms with Crippen molar-refractivity contribution in [2.45, 2.75) is 0 Å². The molecular weight excluding hydrogens is 312 g/mol. The van der Waals surface area contributed by atoms with Crippen molar-refractivity contribution in [2.75, 3.05) is 0 Å². The standard InChI is InChI=1S/C22H14O3/c23-21(22(24)25-20-9-5-2-6-10-20)19-15-13-18(14-16-19)12-11-17-7-3-1-4-8-17/h1-10,13-16H. The third kappa shape index (κ3) is 4.43. The normalized spacial score (nSPS) is 9.60. The highest BCUT2D eigenvalue weighted by Gasteiger charge is 2.18. The van der Waals surface area contributed by atoms with Gasteiger partial charge in [0.15, 0.2) is 0 Å². The molecule has 3 heteroatoms. The lowest BCUT2D eigenvalue weighted by Crippen LogP contribution is -2.20. The molecule has 3 aromatic carbocycles. The van der Waals surface area contributed by atoms with E-state index >= 15 is 0 Å². The second kappa shape index (κ2) is 7.76. The number of rotatable bonds is 3. The summed E-state index contributed by atoms with van der Waals surface area (Å²) in [7, 11) is 0. The summed E-state index contributed by atoms with van der Waals surface area (Å²) in [6.45, 7) is 0. The average Bonchev–Trinajstić information content (AvgIpc) is 2.68. The van der Waals surface area contributed by atoms with Gasteiger partial charge in [-0.15, -0.1) is 0 Å². The summed E-state index contributed by atoms with van der Waals surface area (Å²) in [6, 6.07) is 24.7. The van der Waals surface area contributed by atoms with E-state index in [1.54, 1.807) is 54.6 Å². The van der Waals surface area contributed by atoms with E-state index in [1.165, 1.54) is 0 Å². The number of Topliss-reactive ketones (excluding diaryl/α,β-unsaturated/α-hetero) is 1. The maximum atomic E-state index is 12.1. The highest BCUT2D eigenvalue weighted by atomic mass is 16.5. The molecule has 3 rings (SSSR count). The Labute approximate surface area is 145 Å². The van der Waals surface area contributed by atoms with Gasteiger partial charge in [0, 0.05) is 16.7 Å². The second-order valence-electron chi connectivity index (χ2n) is 5.23. The molecular formula is C22H14O3. The number of carbonyl (C=O) groups is 2. The first-order valence-corrected chi connectivity index (χ1v) is 7.71. The molecule has 0 fully saturated rings. The third-order valence-electron chi connectivity index (χ3n) is 3.41. The van der Waals surface area contributed by atoms with Crippen LogP contribution in [0, 0.1) is 11.8 Å². The fourth-order valence-corrected chi connectivity index (χ4v) is 2.13. The topological polar surface area (TPSA) is 43.4 Å². The minimum absolute atomic E-state index is 0.270. The minimum Gasteiger partial charge on any atom is -0.421 e. The van der Waals surface area contributed by atoms with Crippen LogP contribution < -0.4 is 4.74 Å². The summed E-state index contributed by atoms with van der Waals surface area (Å²) >= 11 is 0. The van der Waals surface area contributed by atoms with Crippen molar-refractivity contribution in [3.05, 3.63) is 102 Å².